The fraction of sp³-hybridized carbons (Fsp3) is 0.263. The van der Waals surface area contributed by atoms with E-state index in [2.05, 4.69) is 5.32 Å². The summed E-state index contributed by atoms with van der Waals surface area (Å²) in [5.41, 5.74) is 1.01. The first kappa shape index (κ1) is 18.8. The number of nitrogens with one attached hydrogen (secondary N) is 1. The molecule has 0 aliphatic heterocycles. The van der Waals surface area contributed by atoms with Gasteiger partial charge >= 0.3 is 5.97 Å². The van der Waals surface area contributed by atoms with Gasteiger partial charge in [-0.05, 0) is 55.8 Å². The number of anilines is 1. The van der Waals surface area contributed by atoms with Crippen molar-refractivity contribution in [1.82, 2.24) is 0 Å². The summed E-state index contributed by atoms with van der Waals surface area (Å²) < 4.78 is 10.6. The van der Waals surface area contributed by atoms with Gasteiger partial charge in [-0.15, -0.1) is 0 Å². The van der Waals surface area contributed by atoms with Crippen LogP contribution in [0.1, 0.15) is 30.6 Å². The Morgan fingerprint density at radius 2 is 1.84 bits per heavy atom. The Balaban J connectivity index is 2.00. The lowest BCUT2D eigenvalue weighted by Crippen LogP contribution is -2.32. The first-order valence-electron chi connectivity index (χ1n) is 8.03. The molecular weight excluding hydrogens is 342 g/mol. The van der Waals surface area contributed by atoms with Crippen molar-refractivity contribution in [3.05, 3.63) is 59.1 Å². The van der Waals surface area contributed by atoms with Crippen LogP contribution in [-0.4, -0.2) is 24.6 Å². The van der Waals surface area contributed by atoms with Crippen LogP contribution in [-0.2, 0) is 9.53 Å². The van der Waals surface area contributed by atoms with Gasteiger partial charge in [0.1, 0.15) is 5.75 Å². The summed E-state index contributed by atoms with van der Waals surface area (Å²) in [6.07, 6.45) is -0.151. The molecule has 0 fully saturated rings. The van der Waals surface area contributed by atoms with Gasteiger partial charge in [-0.25, -0.2) is 4.79 Å². The lowest BCUT2D eigenvalue weighted by Gasteiger charge is -2.17. The van der Waals surface area contributed by atoms with E-state index >= 15 is 0 Å². The van der Waals surface area contributed by atoms with Crippen LogP contribution >= 0.6 is 11.6 Å². The molecule has 2 aromatic rings. The van der Waals surface area contributed by atoms with Gasteiger partial charge in [-0.2, -0.15) is 0 Å². The van der Waals surface area contributed by atoms with Crippen molar-refractivity contribution < 1.29 is 19.1 Å². The molecule has 25 heavy (non-hydrogen) atoms. The summed E-state index contributed by atoms with van der Waals surface area (Å²) in [5.74, 6) is -0.130. The Kier molecular flexibility index (Phi) is 6.83. The maximum Gasteiger partial charge on any atom is 0.338 e. The monoisotopic (exact) mass is 361 g/mol. The maximum absolute atomic E-state index is 12.4. The van der Waals surface area contributed by atoms with E-state index in [1.54, 1.807) is 55.5 Å². The number of carbonyl (C=O) groups is 2. The number of hydrogen-bond acceptors (Lipinski definition) is 4. The lowest BCUT2D eigenvalue weighted by atomic mass is 10.2. The summed E-state index contributed by atoms with van der Waals surface area (Å²) in [5, 5.41) is 3.32. The summed E-state index contributed by atoms with van der Waals surface area (Å²) in [7, 11) is 0. The average molecular weight is 362 g/mol. The van der Waals surface area contributed by atoms with Crippen molar-refractivity contribution in [3.8, 4) is 5.75 Å². The van der Waals surface area contributed by atoms with Crippen LogP contribution in [0.5, 0.6) is 5.75 Å². The van der Waals surface area contributed by atoms with E-state index in [0.717, 1.165) is 0 Å². The molecule has 132 valence electrons. The van der Waals surface area contributed by atoms with Crippen LogP contribution in [0.3, 0.4) is 0 Å². The predicted molar refractivity (Wildman–Crippen MR) is 97.2 cm³/mol. The van der Waals surface area contributed by atoms with Gasteiger partial charge < -0.3 is 14.8 Å². The molecule has 2 aromatic carbocycles. The molecule has 0 saturated heterocycles. The molecule has 2 rings (SSSR count). The SMILES string of the molecule is CCOC(=O)c1ccc(NC(=O)[C@H](CC)Oc2cccc(Cl)c2)cc1. The second kappa shape index (κ2) is 9.08. The fourth-order valence-electron chi connectivity index (χ4n) is 2.15. The molecule has 0 spiro atoms. The quantitative estimate of drug-likeness (QED) is 0.746. The molecule has 1 amide bonds. The van der Waals surface area contributed by atoms with Gasteiger partial charge in [-0.1, -0.05) is 24.6 Å². The Morgan fingerprint density at radius 1 is 1.12 bits per heavy atom. The third-order valence-corrected chi connectivity index (χ3v) is 3.64. The number of esters is 1. The van der Waals surface area contributed by atoms with Crippen LogP contribution in [0, 0.1) is 0 Å². The zero-order valence-corrected chi connectivity index (χ0v) is 14.9. The number of benzene rings is 2. The molecule has 1 N–H and O–H groups in total. The van der Waals surface area contributed by atoms with Crippen LogP contribution in [0.2, 0.25) is 5.02 Å². The van der Waals surface area contributed by atoms with E-state index in [4.69, 9.17) is 21.1 Å². The van der Waals surface area contributed by atoms with E-state index in [9.17, 15) is 9.59 Å². The highest BCUT2D eigenvalue weighted by Crippen LogP contribution is 2.20. The molecule has 0 aliphatic carbocycles. The van der Waals surface area contributed by atoms with E-state index in [1.165, 1.54) is 0 Å². The van der Waals surface area contributed by atoms with Crippen LogP contribution < -0.4 is 10.1 Å². The fourth-order valence-corrected chi connectivity index (χ4v) is 2.33. The molecule has 0 heterocycles. The Morgan fingerprint density at radius 3 is 2.44 bits per heavy atom. The molecule has 6 heteroatoms. The highest BCUT2D eigenvalue weighted by Gasteiger charge is 2.19. The highest BCUT2D eigenvalue weighted by molar-refractivity contribution is 6.30. The molecule has 5 nitrogen and oxygen atoms in total. The summed E-state index contributed by atoms with van der Waals surface area (Å²) in [6.45, 7) is 3.92. The molecule has 0 aliphatic rings. The van der Waals surface area contributed by atoms with Crippen molar-refractivity contribution in [2.75, 3.05) is 11.9 Å². The molecule has 1 atom stereocenters. The first-order chi connectivity index (χ1) is 12.0. The third-order valence-electron chi connectivity index (χ3n) is 3.40. The second-order valence-corrected chi connectivity index (χ2v) is 5.70. The van der Waals surface area contributed by atoms with E-state index in [-0.39, 0.29) is 5.91 Å². The molecule has 0 saturated carbocycles. The summed E-state index contributed by atoms with van der Waals surface area (Å²) in [4.78, 5) is 24.0. The predicted octanol–water partition coefficient (Wildman–Crippen LogP) is 4.31. The van der Waals surface area contributed by atoms with Gasteiger partial charge in [0.05, 0.1) is 12.2 Å². The molecule has 0 bridgehead atoms. The smallest absolute Gasteiger partial charge is 0.338 e. The molecule has 0 radical (unpaired) electrons. The standard InChI is InChI=1S/C19H20ClNO4/c1-3-17(25-16-7-5-6-14(20)12-16)18(22)21-15-10-8-13(9-11-15)19(23)24-4-2/h5-12,17H,3-4H2,1-2H3,(H,21,22)/t17-/m0/s1. The highest BCUT2D eigenvalue weighted by atomic mass is 35.5. The number of halogens is 1. The lowest BCUT2D eigenvalue weighted by molar-refractivity contribution is -0.122. The van der Waals surface area contributed by atoms with Crippen molar-refractivity contribution in [3.63, 3.8) is 0 Å². The van der Waals surface area contributed by atoms with E-state index < -0.39 is 12.1 Å². The summed E-state index contributed by atoms with van der Waals surface area (Å²) in [6, 6.07) is 13.4. The summed E-state index contributed by atoms with van der Waals surface area (Å²) >= 11 is 5.93. The Labute approximate surface area is 151 Å². The minimum atomic E-state index is -0.650. The average Bonchev–Trinajstić information content (AvgIpc) is 2.60. The minimum absolute atomic E-state index is 0.272. The van der Waals surface area contributed by atoms with Crippen molar-refractivity contribution in [1.29, 1.82) is 0 Å². The van der Waals surface area contributed by atoms with E-state index in [1.807, 2.05) is 6.92 Å². The number of amides is 1. The second-order valence-electron chi connectivity index (χ2n) is 5.26. The maximum atomic E-state index is 12.4. The zero-order chi connectivity index (χ0) is 18.2. The van der Waals surface area contributed by atoms with Gasteiger partial charge in [0.25, 0.3) is 5.91 Å². The largest absolute Gasteiger partial charge is 0.481 e. The normalized spacial score (nSPS) is 11.5. The minimum Gasteiger partial charge on any atom is -0.481 e. The van der Waals surface area contributed by atoms with E-state index in [0.29, 0.717) is 35.1 Å². The number of hydrogen-bond donors (Lipinski definition) is 1. The van der Waals surface area contributed by atoms with Gasteiger partial charge in [0.15, 0.2) is 6.10 Å². The van der Waals surface area contributed by atoms with Crippen LogP contribution in [0.25, 0.3) is 0 Å². The topological polar surface area (TPSA) is 64.6 Å². The number of ether oxygens (including phenoxy) is 2. The van der Waals surface area contributed by atoms with Gasteiger partial charge in [-0.3, -0.25) is 4.79 Å². The van der Waals surface area contributed by atoms with Crippen molar-refractivity contribution in [2.45, 2.75) is 26.4 Å². The van der Waals surface area contributed by atoms with Crippen molar-refractivity contribution in [2.24, 2.45) is 0 Å². The van der Waals surface area contributed by atoms with Gasteiger partial charge in [0.2, 0.25) is 0 Å². The molecule has 0 aromatic heterocycles. The Bertz CT molecular complexity index is 730. The zero-order valence-electron chi connectivity index (χ0n) is 14.1. The van der Waals surface area contributed by atoms with Gasteiger partial charge in [0, 0.05) is 10.7 Å². The molecular formula is C19H20ClNO4. The number of rotatable bonds is 7. The first-order valence-corrected chi connectivity index (χ1v) is 8.41. The van der Waals surface area contributed by atoms with Crippen molar-refractivity contribution >= 4 is 29.2 Å². The van der Waals surface area contributed by atoms with Crippen LogP contribution in [0.4, 0.5) is 5.69 Å². The Hall–Kier alpha value is -2.53. The van der Waals surface area contributed by atoms with Crippen LogP contribution in [0.15, 0.2) is 48.5 Å². The number of carbonyl (C=O) groups excluding carboxylic acids is 2. The third kappa shape index (κ3) is 5.50. The molecule has 0 unspecified atom stereocenters.